The van der Waals surface area contributed by atoms with Gasteiger partial charge in [-0.1, -0.05) is 40.7 Å². The Morgan fingerprint density at radius 2 is 1.70 bits per heavy atom. The van der Waals surface area contributed by atoms with Gasteiger partial charge in [0, 0.05) is 0 Å². The van der Waals surface area contributed by atoms with Crippen LogP contribution in [-0.2, 0) is 0 Å². The van der Waals surface area contributed by atoms with E-state index >= 15 is 0 Å². The predicted octanol–water partition coefficient (Wildman–Crippen LogP) is 4.50. The van der Waals surface area contributed by atoms with E-state index in [9.17, 15) is 4.79 Å². The second-order valence-electron chi connectivity index (χ2n) is 6.42. The molecule has 7 heteroatoms. The number of aromatic nitrogens is 3. The van der Waals surface area contributed by atoms with Crippen molar-refractivity contribution in [3.63, 3.8) is 0 Å². The zero-order valence-corrected chi connectivity index (χ0v) is 16.8. The molecule has 0 atom stereocenters. The molecule has 0 fully saturated rings. The van der Waals surface area contributed by atoms with Gasteiger partial charge in [-0.2, -0.15) is 0 Å². The molecule has 136 valence electrons. The molecular weight excluding hydrogens is 376 g/mol. The lowest BCUT2D eigenvalue weighted by molar-refractivity contribution is 0.819. The predicted molar refractivity (Wildman–Crippen MR) is 112 cm³/mol. The van der Waals surface area contributed by atoms with Crippen molar-refractivity contribution in [3.8, 4) is 5.69 Å². The number of nitrogen functional groups attached to an aromatic ring is 1. The molecule has 0 aliphatic heterocycles. The van der Waals surface area contributed by atoms with Gasteiger partial charge in [-0.15, -0.1) is 0 Å². The standard InChI is InChI=1S/C20H18N4OS2/c1-11-4-7-14(8-5-11)24-17(25)15-10-12(2)6-9-16(15)23-20(24)27-18-13(3)22-19(21)26-18/h4-10H,1-3H3,(H2,21,22). The molecule has 0 aliphatic carbocycles. The normalized spacial score (nSPS) is 11.2. The van der Waals surface area contributed by atoms with Crippen molar-refractivity contribution in [1.29, 1.82) is 0 Å². The zero-order chi connectivity index (χ0) is 19.1. The van der Waals surface area contributed by atoms with E-state index in [0.717, 1.165) is 26.7 Å². The Morgan fingerprint density at radius 1 is 1.00 bits per heavy atom. The van der Waals surface area contributed by atoms with Gasteiger partial charge in [-0.25, -0.2) is 9.97 Å². The molecule has 2 aromatic carbocycles. The van der Waals surface area contributed by atoms with E-state index in [-0.39, 0.29) is 5.56 Å². The Labute approximate surface area is 164 Å². The van der Waals surface area contributed by atoms with Gasteiger partial charge in [-0.3, -0.25) is 9.36 Å². The van der Waals surface area contributed by atoms with Crippen molar-refractivity contribution >= 4 is 39.1 Å². The lowest BCUT2D eigenvalue weighted by atomic mass is 10.1. The maximum absolute atomic E-state index is 13.3. The molecule has 0 bridgehead atoms. The first-order valence-electron chi connectivity index (χ1n) is 8.43. The third-order valence-electron chi connectivity index (χ3n) is 4.24. The number of hydrogen-bond donors (Lipinski definition) is 1. The molecule has 0 saturated heterocycles. The van der Waals surface area contributed by atoms with Crippen molar-refractivity contribution in [3.05, 3.63) is 69.6 Å². The van der Waals surface area contributed by atoms with Crippen LogP contribution in [0, 0.1) is 20.8 Å². The molecule has 2 aromatic heterocycles. The van der Waals surface area contributed by atoms with Crippen LogP contribution in [0.2, 0.25) is 0 Å². The topological polar surface area (TPSA) is 73.8 Å². The Hall–Kier alpha value is -2.64. The molecular formula is C20H18N4OS2. The van der Waals surface area contributed by atoms with Crippen LogP contribution in [0.25, 0.3) is 16.6 Å². The van der Waals surface area contributed by atoms with Crippen LogP contribution in [0.4, 0.5) is 5.13 Å². The van der Waals surface area contributed by atoms with E-state index in [1.165, 1.54) is 23.1 Å². The van der Waals surface area contributed by atoms with E-state index in [2.05, 4.69) is 4.98 Å². The number of nitrogens with two attached hydrogens (primary N) is 1. The molecule has 2 heterocycles. The second-order valence-corrected chi connectivity index (χ2v) is 8.68. The van der Waals surface area contributed by atoms with Crippen molar-refractivity contribution in [2.75, 3.05) is 5.73 Å². The first-order chi connectivity index (χ1) is 12.9. The minimum atomic E-state index is -0.0785. The summed E-state index contributed by atoms with van der Waals surface area (Å²) in [7, 11) is 0. The average molecular weight is 395 g/mol. The van der Waals surface area contributed by atoms with Gasteiger partial charge in [-0.05, 0) is 56.8 Å². The number of aryl methyl sites for hydroxylation is 3. The molecule has 4 rings (SSSR count). The maximum Gasteiger partial charge on any atom is 0.266 e. The van der Waals surface area contributed by atoms with Crippen LogP contribution < -0.4 is 11.3 Å². The SMILES string of the molecule is Cc1ccc(-n2c(Sc3sc(N)nc3C)nc3ccc(C)cc3c2=O)cc1. The summed E-state index contributed by atoms with van der Waals surface area (Å²) in [5, 5.41) is 1.73. The highest BCUT2D eigenvalue weighted by Gasteiger charge is 2.17. The number of benzene rings is 2. The summed E-state index contributed by atoms with van der Waals surface area (Å²) in [5.74, 6) is 0. The highest BCUT2D eigenvalue weighted by atomic mass is 32.2. The van der Waals surface area contributed by atoms with Gasteiger partial charge in [0.15, 0.2) is 10.3 Å². The summed E-state index contributed by atoms with van der Waals surface area (Å²) in [6, 6.07) is 13.6. The molecule has 0 saturated carbocycles. The molecule has 4 aromatic rings. The summed E-state index contributed by atoms with van der Waals surface area (Å²) >= 11 is 2.83. The first-order valence-corrected chi connectivity index (χ1v) is 10.1. The molecule has 0 radical (unpaired) electrons. The average Bonchev–Trinajstić information content (AvgIpc) is 2.94. The fourth-order valence-electron chi connectivity index (χ4n) is 2.85. The van der Waals surface area contributed by atoms with Gasteiger partial charge in [0.1, 0.15) is 0 Å². The maximum atomic E-state index is 13.3. The van der Waals surface area contributed by atoms with Crippen molar-refractivity contribution < 1.29 is 0 Å². The summed E-state index contributed by atoms with van der Waals surface area (Å²) in [4.78, 5) is 22.4. The third kappa shape index (κ3) is 3.36. The van der Waals surface area contributed by atoms with Crippen LogP contribution in [0.15, 0.2) is 56.6 Å². The number of rotatable bonds is 3. The summed E-state index contributed by atoms with van der Waals surface area (Å²) in [6.07, 6.45) is 0. The summed E-state index contributed by atoms with van der Waals surface area (Å²) < 4.78 is 2.60. The minimum Gasteiger partial charge on any atom is -0.375 e. The molecule has 2 N–H and O–H groups in total. The van der Waals surface area contributed by atoms with Crippen LogP contribution in [-0.4, -0.2) is 14.5 Å². The molecule has 27 heavy (non-hydrogen) atoms. The Kier molecular flexibility index (Phi) is 4.49. The molecule has 0 unspecified atom stereocenters. The fourth-order valence-corrected chi connectivity index (χ4v) is 4.84. The monoisotopic (exact) mass is 394 g/mol. The van der Waals surface area contributed by atoms with Gasteiger partial charge in [0.25, 0.3) is 5.56 Å². The number of hydrogen-bond acceptors (Lipinski definition) is 6. The molecule has 0 spiro atoms. The van der Waals surface area contributed by atoms with Gasteiger partial charge >= 0.3 is 0 Å². The Balaban J connectivity index is 1.99. The summed E-state index contributed by atoms with van der Waals surface area (Å²) in [5.41, 5.74) is 10.3. The van der Waals surface area contributed by atoms with E-state index in [1.807, 2.05) is 63.2 Å². The van der Waals surface area contributed by atoms with Gasteiger partial charge in [0.05, 0.1) is 26.5 Å². The quantitative estimate of drug-likeness (QED) is 0.518. The lowest BCUT2D eigenvalue weighted by Crippen LogP contribution is -2.21. The Bertz CT molecular complexity index is 1210. The van der Waals surface area contributed by atoms with Crippen molar-refractivity contribution in [2.24, 2.45) is 0 Å². The fraction of sp³-hybridized carbons (Fsp3) is 0.150. The van der Waals surface area contributed by atoms with Crippen molar-refractivity contribution in [2.45, 2.75) is 30.1 Å². The van der Waals surface area contributed by atoms with Crippen LogP contribution in [0.1, 0.15) is 16.8 Å². The number of fused-ring (bicyclic) bond motifs is 1. The Morgan fingerprint density at radius 3 is 2.37 bits per heavy atom. The first kappa shape index (κ1) is 17.8. The van der Waals surface area contributed by atoms with E-state index < -0.39 is 0 Å². The highest BCUT2D eigenvalue weighted by Crippen LogP contribution is 2.36. The number of thiazole rings is 1. The van der Waals surface area contributed by atoms with Gasteiger partial charge < -0.3 is 5.73 Å². The third-order valence-corrected chi connectivity index (χ3v) is 6.46. The smallest absolute Gasteiger partial charge is 0.266 e. The molecule has 0 amide bonds. The zero-order valence-electron chi connectivity index (χ0n) is 15.2. The summed E-state index contributed by atoms with van der Waals surface area (Å²) in [6.45, 7) is 5.91. The number of nitrogens with zero attached hydrogens (tertiary/aromatic N) is 3. The van der Waals surface area contributed by atoms with E-state index in [4.69, 9.17) is 10.7 Å². The number of anilines is 1. The van der Waals surface area contributed by atoms with Gasteiger partial charge in [0.2, 0.25) is 0 Å². The van der Waals surface area contributed by atoms with Crippen LogP contribution >= 0.6 is 23.1 Å². The largest absolute Gasteiger partial charge is 0.375 e. The second kappa shape index (κ2) is 6.83. The van der Waals surface area contributed by atoms with Crippen molar-refractivity contribution in [1.82, 2.24) is 14.5 Å². The molecule has 0 aliphatic rings. The van der Waals surface area contributed by atoms with E-state index in [1.54, 1.807) is 4.57 Å². The highest BCUT2D eigenvalue weighted by molar-refractivity contribution is 8.01. The van der Waals surface area contributed by atoms with Crippen LogP contribution in [0.5, 0.6) is 0 Å². The molecule has 5 nitrogen and oxygen atoms in total. The van der Waals surface area contributed by atoms with Crippen LogP contribution in [0.3, 0.4) is 0 Å². The lowest BCUT2D eigenvalue weighted by Gasteiger charge is -2.13. The minimum absolute atomic E-state index is 0.0785. The van der Waals surface area contributed by atoms with E-state index in [0.29, 0.717) is 21.2 Å².